The fourth-order valence-corrected chi connectivity index (χ4v) is 1.38. The van der Waals surface area contributed by atoms with Gasteiger partial charge in [0, 0.05) is 18.1 Å². The average molecular weight is 206 g/mol. The summed E-state index contributed by atoms with van der Waals surface area (Å²) in [5.74, 6) is 0. The van der Waals surface area contributed by atoms with Gasteiger partial charge in [0.15, 0.2) is 0 Å². The topological polar surface area (TPSA) is 38.9 Å². The molecule has 0 amide bonds. The zero-order chi connectivity index (χ0) is 10.2. The summed E-state index contributed by atoms with van der Waals surface area (Å²) in [5, 5.41) is 2.92. The highest BCUT2D eigenvalue weighted by Gasteiger charge is 1.84. The van der Waals surface area contributed by atoms with Crippen molar-refractivity contribution in [1.29, 1.82) is 0 Å². The predicted molar refractivity (Wildman–Crippen MR) is 61.2 cm³/mol. The van der Waals surface area contributed by atoms with Crippen LogP contribution in [0, 0.1) is 6.92 Å². The molecule has 1 aromatic carbocycles. The van der Waals surface area contributed by atoms with Crippen molar-refractivity contribution in [2.75, 3.05) is 0 Å². The average Bonchev–Trinajstić information content (AvgIpc) is 2.72. The summed E-state index contributed by atoms with van der Waals surface area (Å²) in [4.78, 5) is 3.93. The van der Waals surface area contributed by atoms with E-state index < -0.39 is 0 Å². The van der Waals surface area contributed by atoms with Crippen molar-refractivity contribution in [2.45, 2.75) is 13.5 Å². The van der Waals surface area contributed by atoms with Crippen molar-refractivity contribution in [3.8, 4) is 0 Å². The van der Waals surface area contributed by atoms with Crippen LogP contribution in [0.5, 0.6) is 0 Å². The summed E-state index contributed by atoms with van der Waals surface area (Å²) in [7, 11) is 0. The van der Waals surface area contributed by atoms with Gasteiger partial charge in [0.1, 0.15) is 5.01 Å². The minimum Gasteiger partial charge on any atom is -0.325 e. The van der Waals surface area contributed by atoms with E-state index in [4.69, 9.17) is 5.73 Å². The lowest BCUT2D eigenvalue weighted by atomic mass is 10.2. The Hall–Kier alpha value is -1.19. The zero-order valence-electron chi connectivity index (χ0n) is 8.18. The molecule has 0 saturated carbocycles. The molecule has 2 nitrogen and oxygen atoms in total. The van der Waals surface area contributed by atoms with Crippen LogP contribution in [0.2, 0.25) is 0 Å². The van der Waals surface area contributed by atoms with Gasteiger partial charge in [0.25, 0.3) is 0 Å². The van der Waals surface area contributed by atoms with Crippen LogP contribution in [-0.4, -0.2) is 4.98 Å². The number of benzene rings is 1. The first-order chi connectivity index (χ1) is 6.83. The summed E-state index contributed by atoms with van der Waals surface area (Å²) in [6, 6.07) is 10.3. The third-order valence-corrected chi connectivity index (χ3v) is 2.40. The van der Waals surface area contributed by atoms with E-state index >= 15 is 0 Å². The standard InChI is InChI=1S/C7H8.C4H6N2S/c1-7-5-3-2-4-6-7;5-3-4-6-1-2-7-4/h2-6H,1H3;1-2H,3,5H2. The van der Waals surface area contributed by atoms with Gasteiger partial charge in [0.05, 0.1) is 0 Å². The predicted octanol–water partition coefficient (Wildman–Crippen LogP) is 2.60. The maximum absolute atomic E-state index is 5.24. The van der Waals surface area contributed by atoms with Gasteiger partial charge in [-0.2, -0.15) is 0 Å². The third kappa shape index (κ3) is 4.16. The van der Waals surface area contributed by atoms with E-state index in [0.29, 0.717) is 6.54 Å². The van der Waals surface area contributed by atoms with E-state index in [1.54, 1.807) is 17.5 Å². The molecule has 74 valence electrons. The highest BCUT2D eigenvalue weighted by atomic mass is 32.1. The molecule has 0 aliphatic carbocycles. The lowest BCUT2D eigenvalue weighted by Crippen LogP contribution is -1.93. The minimum atomic E-state index is 0.567. The van der Waals surface area contributed by atoms with E-state index in [0.717, 1.165) is 5.01 Å². The summed E-state index contributed by atoms with van der Waals surface area (Å²) >= 11 is 1.59. The Balaban J connectivity index is 0.000000140. The van der Waals surface area contributed by atoms with Gasteiger partial charge >= 0.3 is 0 Å². The molecule has 0 saturated heterocycles. The second kappa shape index (κ2) is 6.29. The number of hydrogen-bond acceptors (Lipinski definition) is 3. The Labute approximate surface area is 88.4 Å². The second-order valence-corrected chi connectivity index (χ2v) is 3.76. The minimum absolute atomic E-state index is 0.567. The Kier molecular flexibility index (Phi) is 4.89. The molecule has 14 heavy (non-hydrogen) atoms. The Morgan fingerprint density at radius 2 is 2.00 bits per heavy atom. The van der Waals surface area contributed by atoms with Crippen LogP contribution in [0.1, 0.15) is 10.6 Å². The highest BCUT2D eigenvalue weighted by molar-refractivity contribution is 7.09. The maximum atomic E-state index is 5.24. The quantitative estimate of drug-likeness (QED) is 0.779. The molecule has 0 bridgehead atoms. The van der Waals surface area contributed by atoms with Crippen molar-refractivity contribution in [2.24, 2.45) is 5.73 Å². The number of rotatable bonds is 1. The lowest BCUT2D eigenvalue weighted by Gasteiger charge is -1.82. The fourth-order valence-electron chi connectivity index (χ4n) is 0.888. The van der Waals surface area contributed by atoms with Crippen LogP contribution in [-0.2, 0) is 6.54 Å². The first kappa shape index (κ1) is 10.9. The van der Waals surface area contributed by atoms with Crippen LogP contribution < -0.4 is 5.73 Å². The smallest absolute Gasteiger partial charge is 0.106 e. The Morgan fingerprint density at radius 1 is 1.29 bits per heavy atom. The summed E-state index contributed by atoms with van der Waals surface area (Å²) < 4.78 is 0. The molecule has 0 spiro atoms. The van der Waals surface area contributed by atoms with Crippen molar-refractivity contribution in [1.82, 2.24) is 4.98 Å². The molecule has 0 aliphatic rings. The zero-order valence-corrected chi connectivity index (χ0v) is 9.00. The molecule has 0 unspecified atom stereocenters. The molecule has 1 aromatic heterocycles. The van der Waals surface area contributed by atoms with Crippen LogP contribution in [0.4, 0.5) is 0 Å². The highest BCUT2D eigenvalue weighted by Crippen LogP contribution is 2.00. The van der Waals surface area contributed by atoms with Gasteiger partial charge < -0.3 is 5.73 Å². The van der Waals surface area contributed by atoms with Gasteiger partial charge in [-0.25, -0.2) is 4.98 Å². The molecule has 2 rings (SSSR count). The third-order valence-electron chi connectivity index (χ3n) is 1.60. The Bertz CT molecular complexity index is 329. The normalized spacial score (nSPS) is 9.00. The van der Waals surface area contributed by atoms with Gasteiger partial charge in [-0.05, 0) is 6.92 Å². The molecular formula is C11H14N2S. The number of nitrogens with two attached hydrogens (primary N) is 1. The molecule has 0 aliphatic heterocycles. The number of hydrogen-bond donors (Lipinski definition) is 1. The lowest BCUT2D eigenvalue weighted by molar-refractivity contribution is 1.04. The van der Waals surface area contributed by atoms with Crippen LogP contribution in [0.3, 0.4) is 0 Å². The Morgan fingerprint density at radius 3 is 2.29 bits per heavy atom. The monoisotopic (exact) mass is 206 g/mol. The second-order valence-electron chi connectivity index (χ2n) is 2.78. The first-order valence-corrected chi connectivity index (χ1v) is 5.31. The number of aryl methyl sites for hydroxylation is 1. The van der Waals surface area contributed by atoms with Crippen LogP contribution in [0.25, 0.3) is 0 Å². The molecular weight excluding hydrogens is 192 g/mol. The molecule has 1 heterocycles. The molecule has 2 N–H and O–H groups in total. The van der Waals surface area contributed by atoms with Crippen molar-refractivity contribution >= 4 is 11.3 Å². The summed E-state index contributed by atoms with van der Waals surface area (Å²) in [5.41, 5.74) is 6.56. The number of aromatic nitrogens is 1. The van der Waals surface area contributed by atoms with E-state index in [1.165, 1.54) is 5.56 Å². The van der Waals surface area contributed by atoms with Gasteiger partial charge in [-0.15, -0.1) is 11.3 Å². The van der Waals surface area contributed by atoms with Crippen molar-refractivity contribution in [3.63, 3.8) is 0 Å². The fraction of sp³-hybridized carbons (Fsp3) is 0.182. The largest absolute Gasteiger partial charge is 0.325 e. The van der Waals surface area contributed by atoms with Gasteiger partial charge in [-0.1, -0.05) is 35.9 Å². The van der Waals surface area contributed by atoms with Gasteiger partial charge in [-0.3, -0.25) is 0 Å². The van der Waals surface area contributed by atoms with Crippen molar-refractivity contribution < 1.29 is 0 Å². The molecule has 0 atom stereocenters. The maximum Gasteiger partial charge on any atom is 0.106 e. The number of thiazole rings is 1. The van der Waals surface area contributed by atoms with E-state index in [9.17, 15) is 0 Å². The first-order valence-electron chi connectivity index (χ1n) is 4.43. The van der Waals surface area contributed by atoms with E-state index in [2.05, 4.69) is 24.0 Å². The number of nitrogens with zero attached hydrogens (tertiary/aromatic N) is 1. The molecule has 2 aromatic rings. The van der Waals surface area contributed by atoms with E-state index in [-0.39, 0.29) is 0 Å². The van der Waals surface area contributed by atoms with Crippen LogP contribution in [0.15, 0.2) is 41.9 Å². The van der Waals surface area contributed by atoms with Crippen LogP contribution >= 0.6 is 11.3 Å². The van der Waals surface area contributed by atoms with E-state index in [1.807, 2.05) is 23.6 Å². The molecule has 0 radical (unpaired) electrons. The van der Waals surface area contributed by atoms with Gasteiger partial charge in [0.2, 0.25) is 0 Å². The molecule has 0 fully saturated rings. The summed E-state index contributed by atoms with van der Waals surface area (Å²) in [6.07, 6.45) is 1.76. The summed E-state index contributed by atoms with van der Waals surface area (Å²) in [6.45, 7) is 2.65. The SMILES string of the molecule is Cc1ccccc1.NCc1nccs1. The molecule has 3 heteroatoms. The van der Waals surface area contributed by atoms with Crippen molar-refractivity contribution in [3.05, 3.63) is 52.5 Å².